The first-order chi connectivity index (χ1) is 6.76. The number of esters is 1. The number of carbonyl (C=O) groups is 2. The van der Waals surface area contributed by atoms with Crippen LogP contribution in [0.25, 0.3) is 0 Å². The van der Waals surface area contributed by atoms with Crippen molar-refractivity contribution in [2.45, 2.75) is 25.7 Å². The van der Waals surface area contributed by atoms with Crippen LogP contribution in [0.4, 0.5) is 0 Å². The monoisotopic (exact) mass is 220 g/mol. The molecule has 0 atom stereocenters. The highest BCUT2D eigenvalue weighted by Gasteiger charge is 2.22. The number of hydrogen-bond donors (Lipinski definition) is 1. The van der Waals surface area contributed by atoms with E-state index in [0.717, 1.165) is 12.8 Å². The van der Waals surface area contributed by atoms with Gasteiger partial charge in [0.1, 0.15) is 5.94 Å². The van der Waals surface area contributed by atoms with Crippen LogP contribution in [0.1, 0.15) is 25.7 Å². The van der Waals surface area contributed by atoms with Crippen molar-refractivity contribution in [2.24, 2.45) is 5.92 Å². The maximum atomic E-state index is 10.8. The number of methoxy groups -OCH3 is 1. The number of thiol groups is 1. The van der Waals surface area contributed by atoms with Gasteiger partial charge in [0.15, 0.2) is 0 Å². The molecule has 0 amide bonds. The summed E-state index contributed by atoms with van der Waals surface area (Å²) in [6, 6.07) is 0. The summed E-state index contributed by atoms with van der Waals surface area (Å²) in [5.41, 5.74) is 0. The first-order valence-electron chi connectivity index (χ1n) is 4.50. The lowest BCUT2D eigenvalue weighted by Crippen LogP contribution is -2.11. The molecule has 0 heterocycles. The van der Waals surface area contributed by atoms with Gasteiger partial charge in [-0.1, -0.05) is 12.8 Å². The molecule has 0 N–H and O–H groups in total. The van der Waals surface area contributed by atoms with Crippen molar-refractivity contribution in [3.8, 4) is 0 Å². The molecule has 1 aliphatic carbocycles. The van der Waals surface area contributed by atoms with E-state index in [1.54, 1.807) is 0 Å². The molecule has 0 spiro atoms. The van der Waals surface area contributed by atoms with E-state index in [4.69, 9.17) is 4.79 Å². The molecule has 1 fully saturated rings. The van der Waals surface area contributed by atoms with Gasteiger partial charge in [0, 0.05) is 0 Å². The first kappa shape index (κ1) is 13.3. The van der Waals surface area contributed by atoms with Gasteiger partial charge in [-0.2, -0.15) is 0 Å². The van der Waals surface area contributed by atoms with Crippen LogP contribution >= 0.6 is 12.6 Å². The van der Waals surface area contributed by atoms with E-state index in [1.165, 1.54) is 20.0 Å². The molecule has 0 bridgehead atoms. The van der Waals surface area contributed by atoms with Gasteiger partial charge in [-0.3, -0.25) is 9.59 Å². The fourth-order valence-corrected chi connectivity index (χ4v) is 1.42. The Labute approximate surface area is 89.4 Å². The molecule has 4 nitrogen and oxygen atoms in total. The van der Waals surface area contributed by atoms with Gasteiger partial charge in [0.25, 0.3) is 6.47 Å². The minimum absolute atomic E-state index is 0.0208. The summed E-state index contributed by atoms with van der Waals surface area (Å²) in [4.78, 5) is 19.9. The second kappa shape index (κ2) is 8.87. The molecule has 0 aromatic carbocycles. The quantitative estimate of drug-likeness (QED) is 0.338. The van der Waals surface area contributed by atoms with E-state index in [2.05, 4.69) is 22.1 Å². The maximum Gasteiger partial charge on any atom is 0.308 e. The molecule has 0 radical (unpaired) electrons. The van der Waals surface area contributed by atoms with Crippen LogP contribution in [0.2, 0.25) is 0 Å². The average molecular weight is 220 g/mol. The number of hydrogen-bond acceptors (Lipinski definition) is 5. The summed E-state index contributed by atoms with van der Waals surface area (Å²) in [6.45, 7) is 0.354. The lowest BCUT2D eigenvalue weighted by Gasteiger charge is -2.03. The summed E-state index contributed by atoms with van der Waals surface area (Å²) in [6.07, 6.45) is 4.46. The van der Waals surface area contributed by atoms with Crippen molar-refractivity contribution >= 4 is 25.1 Å². The van der Waals surface area contributed by atoms with Gasteiger partial charge in [-0.05, 0) is 12.8 Å². The second-order valence-corrected chi connectivity index (χ2v) is 3.15. The van der Waals surface area contributed by atoms with Gasteiger partial charge in [0.05, 0.1) is 13.0 Å². The Morgan fingerprint density at radius 1 is 1.50 bits per heavy atom. The van der Waals surface area contributed by atoms with Crippen LogP contribution in [-0.4, -0.2) is 25.5 Å². The molecule has 0 aromatic rings. The minimum Gasteiger partial charge on any atom is -0.469 e. The largest absolute Gasteiger partial charge is 0.469 e. The SMILES string of the molecule is COC(=O)C1CCCC1.O=COCS. The summed E-state index contributed by atoms with van der Waals surface area (Å²) in [5.74, 6) is 0.367. The molecular formula is C9H16O4S. The van der Waals surface area contributed by atoms with Crippen molar-refractivity contribution in [3.63, 3.8) is 0 Å². The first-order valence-corrected chi connectivity index (χ1v) is 5.13. The summed E-state index contributed by atoms with van der Waals surface area (Å²) in [5, 5.41) is 0. The van der Waals surface area contributed by atoms with E-state index >= 15 is 0 Å². The van der Waals surface area contributed by atoms with Crippen LogP contribution < -0.4 is 0 Å². The fourth-order valence-electron chi connectivity index (χ4n) is 1.36. The molecule has 0 saturated heterocycles. The predicted molar refractivity (Wildman–Crippen MR) is 55.0 cm³/mol. The van der Waals surface area contributed by atoms with E-state index < -0.39 is 0 Å². The molecular weight excluding hydrogens is 204 g/mol. The van der Waals surface area contributed by atoms with Crippen LogP contribution in [0.3, 0.4) is 0 Å². The molecule has 0 aromatic heterocycles. The number of ether oxygens (including phenoxy) is 2. The fraction of sp³-hybridized carbons (Fsp3) is 0.778. The number of rotatable bonds is 3. The predicted octanol–water partition coefficient (Wildman–Crippen LogP) is 1.40. The van der Waals surface area contributed by atoms with E-state index in [9.17, 15) is 4.79 Å². The van der Waals surface area contributed by atoms with Crippen molar-refractivity contribution < 1.29 is 19.1 Å². The van der Waals surface area contributed by atoms with Gasteiger partial charge in [-0.25, -0.2) is 0 Å². The normalized spacial score (nSPS) is 15.3. The molecule has 0 aliphatic heterocycles. The Morgan fingerprint density at radius 3 is 2.36 bits per heavy atom. The van der Waals surface area contributed by atoms with Crippen LogP contribution in [0.5, 0.6) is 0 Å². The molecule has 1 aliphatic rings. The molecule has 82 valence electrons. The number of carbonyl (C=O) groups excluding carboxylic acids is 2. The van der Waals surface area contributed by atoms with E-state index in [1.807, 2.05) is 0 Å². The summed E-state index contributed by atoms with van der Waals surface area (Å²) in [7, 11) is 1.46. The summed E-state index contributed by atoms with van der Waals surface area (Å²) >= 11 is 3.55. The molecule has 1 saturated carbocycles. The Morgan fingerprint density at radius 2 is 2.07 bits per heavy atom. The zero-order valence-electron chi connectivity index (χ0n) is 8.27. The van der Waals surface area contributed by atoms with E-state index in [0.29, 0.717) is 6.47 Å². The average Bonchev–Trinajstić information content (AvgIpc) is 2.72. The maximum absolute atomic E-state index is 10.8. The Balaban J connectivity index is 0.000000292. The van der Waals surface area contributed by atoms with Crippen LogP contribution in [0.15, 0.2) is 0 Å². The van der Waals surface area contributed by atoms with Gasteiger partial charge < -0.3 is 9.47 Å². The zero-order chi connectivity index (χ0) is 10.8. The highest BCUT2D eigenvalue weighted by atomic mass is 32.1. The molecule has 14 heavy (non-hydrogen) atoms. The van der Waals surface area contributed by atoms with Crippen molar-refractivity contribution in [1.29, 1.82) is 0 Å². The Bertz CT molecular complexity index is 166. The third-order valence-electron chi connectivity index (χ3n) is 2.03. The molecule has 5 heteroatoms. The van der Waals surface area contributed by atoms with Crippen molar-refractivity contribution in [1.82, 2.24) is 0 Å². The second-order valence-electron chi connectivity index (χ2n) is 2.90. The lowest BCUT2D eigenvalue weighted by atomic mass is 10.1. The minimum atomic E-state index is -0.0208. The van der Waals surface area contributed by atoms with Crippen LogP contribution in [-0.2, 0) is 19.1 Å². The Kier molecular flexibility index (Phi) is 8.42. The smallest absolute Gasteiger partial charge is 0.308 e. The topological polar surface area (TPSA) is 52.6 Å². The van der Waals surface area contributed by atoms with Gasteiger partial charge in [-0.15, -0.1) is 12.6 Å². The summed E-state index contributed by atoms with van der Waals surface area (Å²) < 4.78 is 8.61. The highest BCUT2D eigenvalue weighted by Crippen LogP contribution is 2.25. The van der Waals surface area contributed by atoms with Crippen molar-refractivity contribution in [3.05, 3.63) is 0 Å². The molecule has 1 rings (SSSR count). The van der Waals surface area contributed by atoms with Gasteiger partial charge in [0.2, 0.25) is 0 Å². The molecule has 0 unspecified atom stereocenters. The third-order valence-corrected chi connectivity index (χ3v) is 2.18. The van der Waals surface area contributed by atoms with E-state index in [-0.39, 0.29) is 17.8 Å². The lowest BCUT2D eigenvalue weighted by molar-refractivity contribution is -0.145. The Hall–Kier alpha value is -0.710. The van der Waals surface area contributed by atoms with Crippen LogP contribution in [0, 0.1) is 5.92 Å². The van der Waals surface area contributed by atoms with Gasteiger partial charge >= 0.3 is 5.97 Å². The van der Waals surface area contributed by atoms with Crippen molar-refractivity contribution in [2.75, 3.05) is 13.0 Å². The standard InChI is InChI=1S/C7H12O2.C2H4O2S/c1-9-7(8)6-4-2-3-5-6;3-1-4-2-5/h6H,2-5H2,1H3;1,5H,2H2. The third kappa shape index (κ3) is 5.85. The highest BCUT2D eigenvalue weighted by molar-refractivity contribution is 7.80. The zero-order valence-corrected chi connectivity index (χ0v) is 9.16.